The van der Waals surface area contributed by atoms with Crippen molar-refractivity contribution in [1.82, 2.24) is 19.6 Å². The van der Waals surface area contributed by atoms with Crippen LogP contribution in [-0.4, -0.2) is 19.6 Å². The first-order valence-corrected chi connectivity index (χ1v) is 8.93. The molecule has 3 aromatic heterocycles. The number of aromatic nitrogens is 4. The van der Waals surface area contributed by atoms with Gasteiger partial charge in [0.2, 0.25) is 0 Å². The van der Waals surface area contributed by atoms with Crippen molar-refractivity contribution in [3.63, 3.8) is 0 Å². The molecule has 0 saturated carbocycles. The lowest BCUT2D eigenvalue weighted by molar-refractivity contribution is 0.915. The third kappa shape index (κ3) is 3.06. The minimum atomic E-state index is 0.611. The number of aryl methyl sites for hydroxylation is 3. The molecule has 0 unspecified atom stereocenters. The topological polar surface area (TPSA) is 66.9 Å². The van der Waals surface area contributed by atoms with Gasteiger partial charge in [-0.05, 0) is 56.2 Å². The summed E-state index contributed by atoms with van der Waals surface area (Å²) >= 11 is 0. The van der Waals surface area contributed by atoms with Crippen molar-refractivity contribution >= 4 is 5.65 Å². The number of fused-ring (bicyclic) bond motifs is 1. The minimum Gasteiger partial charge on any atom is -0.258 e. The molecule has 27 heavy (non-hydrogen) atoms. The second-order valence-electron chi connectivity index (χ2n) is 6.60. The lowest BCUT2D eigenvalue weighted by atomic mass is 9.99. The van der Waals surface area contributed by atoms with Crippen LogP contribution >= 0.6 is 0 Å². The molecule has 5 heteroatoms. The van der Waals surface area contributed by atoms with E-state index in [4.69, 9.17) is 10.1 Å². The average Bonchev–Trinajstić information content (AvgIpc) is 3.05. The predicted molar refractivity (Wildman–Crippen MR) is 105 cm³/mol. The molecule has 5 nitrogen and oxygen atoms in total. The van der Waals surface area contributed by atoms with Crippen molar-refractivity contribution in [3.05, 3.63) is 71.3 Å². The zero-order valence-electron chi connectivity index (χ0n) is 15.6. The molecule has 0 aliphatic carbocycles. The monoisotopic (exact) mass is 353 g/mol. The van der Waals surface area contributed by atoms with Crippen molar-refractivity contribution in [1.29, 1.82) is 5.26 Å². The van der Waals surface area contributed by atoms with Crippen LogP contribution in [0.5, 0.6) is 0 Å². The molecule has 0 bridgehead atoms. The first-order chi connectivity index (χ1) is 13.1. The van der Waals surface area contributed by atoms with Crippen LogP contribution in [0.1, 0.15) is 29.6 Å². The third-order valence-electron chi connectivity index (χ3n) is 4.54. The Morgan fingerprint density at radius 3 is 2.48 bits per heavy atom. The second kappa shape index (κ2) is 6.65. The van der Waals surface area contributed by atoms with E-state index in [-0.39, 0.29) is 0 Å². The predicted octanol–water partition coefficient (Wildman–Crippen LogP) is 4.51. The zero-order valence-corrected chi connectivity index (χ0v) is 15.6. The first-order valence-electron chi connectivity index (χ1n) is 8.93. The normalized spacial score (nSPS) is 10.9. The van der Waals surface area contributed by atoms with Crippen molar-refractivity contribution in [2.24, 2.45) is 0 Å². The summed E-state index contributed by atoms with van der Waals surface area (Å²) < 4.78 is 1.81. The second-order valence-corrected chi connectivity index (χ2v) is 6.60. The van der Waals surface area contributed by atoms with E-state index in [1.165, 1.54) is 0 Å². The van der Waals surface area contributed by atoms with E-state index in [9.17, 15) is 5.26 Å². The van der Waals surface area contributed by atoms with Crippen molar-refractivity contribution in [3.8, 4) is 28.5 Å². The highest BCUT2D eigenvalue weighted by molar-refractivity contribution is 5.90. The molecule has 0 aliphatic rings. The Hall–Kier alpha value is -3.52. The van der Waals surface area contributed by atoms with E-state index >= 15 is 0 Å². The minimum absolute atomic E-state index is 0.611. The van der Waals surface area contributed by atoms with Crippen LogP contribution in [-0.2, 0) is 6.42 Å². The quantitative estimate of drug-likeness (QED) is 0.543. The standard InChI is InChI=1S/C22H19N5/c1-4-19-8-9-27-22(25-19)20(18-10-14(2)24-15(3)11-18)21(26-27)17-7-5-6-16(12-17)13-23/h5-12H,4H2,1-3H3. The van der Waals surface area contributed by atoms with Crippen molar-refractivity contribution < 1.29 is 0 Å². The summed E-state index contributed by atoms with van der Waals surface area (Å²) in [6.45, 7) is 6.07. The van der Waals surface area contributed by atoms with Crippen LogP contribution in [0.2, 0.25) is 0 Å². The molecule has 4 aromatic rings. The van der Waals surface area contributed by atoms with Crippen LogP contribution in [0.3, 0.4) is 0 Å². The summed E-state index contributed by atoms with van der Waals surface area (Å²) in [5, 5.41) is 14.1. The molecule has 0 N–H and O–H groups in total. The Bertz CT molecular complexity index is 1180. The SMILES string of the molecule is CCc1ccn2nc(-c3cccc(C#N)c3)c(-c3cc(C)nc(C)c3)c2n1. The Morgan fingerprint density at radius 2 is 1.78 bits per heavy atom. The summed E-state index contributed by atoms with van der Waals surface area (Å²) in [5.74, 6) is 0. The van der Waals surface area contributed by atoms with Crippen LogP contribution in [0, 0.1) is 25.2 Å². The van der Waals surface area contributed by atoms with Crippen LogP contribution in [0.15, 0.2) is 48.7 Å². The van der Waals surface area contributed by atoms with Gasteiger partial charge in [-0.1, -0.05) is 19.1 Å². The maximum absolute atomic E-state index is 9.28. The smallest absolute Gasteiger partial charge is 0.163 e. The first kappa shape index (κ1) is 16.9. The summed E-state index contributed by atoms with van der Waals surface area (Å²) in [6.07, 6.45) is 2.80. The fourth-order valence-electron chi connectivity index (χ4n) is 3.35. The number of hydrogen-bond acceptors (Lipinski definition) is 4. The van der Waals surface area contributed by atoms with Gasteiger partial charge in [-0.15, -0.1) is 0 Å². The summed E-state index contributed by atoms with van der Waals surface area (Å²) in [6, 6.07) is 15.8. The van der Waals surface area contributed by atoms with Gasteiger partial charge in [0.15, 0.2) is 5.65 Å². The third-order valence-corrected chi connectivity index (χ3v) is 4.54. The zero-order chi connectivity index (χ0) is 19.0. The van der Waals surface area contributed by atoms with Gasteiger partial charge in [-0.2, -0.15) is 10.4 Å². The van der Waals surface area contributed by atoms with Gasteiger partial charge in [-0.3, -0.25) is 4.98 Å². The molecule has 132 valence electrons. The van der Waals surface area contributed by atoms with Crippen LogP contribution in [0.4, 0.5) is 0 Å². The Morgan fingerprint density at radius 1 is 1.00 bits per heavy atom. The molecule has 0 spiro atoms. The van der Waals surface area contributed by atoms with E-state index < -0.39 is 0 Å². The molecule has 3 heterocycles. The summed E-state index contributed by atoms with van der Waals surface area (Å²) in [4.78, 5) is 9.33. The van der Waals surface area contributed by atoms with Gasteiger partial charge < -0.3 is 0 Å². The summed E-state index contributed by atoms with van der Waals surface area (Å²) in [5.41, 5.74) is 8.07. The number of pyridine rings is 1. The van der Waals surface area contributed by atoms with Crippen LogP contribution in [0.25, 0.3) is 28.0 Å². The van der Waals surface area contributed by atoms with E-state index in [0.717, 1.165) is 51.5 Å². The highest BCUT2D eigenvalue weighted by Crippen LogP contribution is 2.35. The number of nitrogens with zero attached hydrogens (tertiary/aromatic N) is 5. The van der Waals surface area contributed by atoms with Gasteiger partial charge in [0.25, 0.3) is 0 Å². The van der Waals surface area contributed by atoms with E-state index in [1.807, 2.05) is 48.8 Å². The molecule has 0 saturated heterocycles. The number of benzene rings is 1. The molecule has 0 atom stereocenters. The molecule has 1 aromatic carbocycles. The summed E-state index contributed by atoms with van der Waals surface area (Å²) in [7, 11) is 0. The average molecular weight is 353 g/mol. The fraction of sp³-hybridized carbons (Fsp3) is 0.182. The van der Waals surface area contributed by atoms with E-state index in [1.54, 1.807) is 6.07 Å². The molecule has 0 fully saturated rings. The largest absolute Gasteiger partial charge is 0.258 e. The highest BCUT2D eigenvalue weighted by atomic mass is 15.3. The lowest BCUT2D eigenvalue weighted by Gasteiger charge is -2.07. The molecule has 0 amide bonds. The number of rotatable bonds is 3. The van der Waals surface area contributed by atoms with Gasteiger partial charge >= 0.3 is 0 Å². The Balaban J connectivity index is 2.07. The molecular formula is C22H19N5. The van der Waals surface area contributed by atoms with Gasteiger partial charge in [-0.25, -0.2) is 9.50 Å². The Labute approximate surface area is 158 Å². The maximum atomic E-state index is 9.28. The Kier molecular flexibility index (Phi) is 4.17. The lowest BCUT2D eigenvalue weighted by Crippen LogP contribution is -1.95. The van der Waals surface area contributed by atoms with Crippen molar-refractivity contribution in [2.75, 3.05) is 0 Å². The van der Waals surface area contributed by atoms with E-state index in [2.05, 4.69) is 30.1 Å². The van der Waals surface area contributed by atoms with Gasteiger partial charge in [0.05, 0.1) is 17.2 Å². The highest BCUT2D eigenvalue weighted by Gasteiger charge is 2.19. The van der Waals surface area contributed by atoms with Gasteiger partial charge in [0, 0.05) is 28.8 Å². The molecule has 0 aliphatic heterocycles. The molecule has 0 radical (unpaired) electrons. The molecule has 4 rings (SSSR count). The number of hydrogen-bond donors (Lipinski definition) is 0. The van der Waals surface area contributed by atoms with Crippen molar-refractivity contribution in [2.45, 2.75) is 27.2 Å². The maximum Gasteiger partial charge on any atom is 0.163 e. The van der Waals surface area contributed by atoms with Crippen LogP contribution < -0.4 is 0 Å². The molecular weight excluding hydrogens is 334 g/mol. The van der Waals surface area contributed by atoms with Gasteiger partial charge in [0.1, 0.15) is 5.69 Å². The van der Waals surface area contributed by atoms with E-state index in [0.29, 0.717) is 5.56 Å². The fourth-order valence-corrected chi connectivity index (χ4v) is 3.35. The number of nitriles is 1.